The zero-order valence-electron chi connectivity index (χ0n) is 18.7. The molecule has 1 aromatic carbocycles. The Balaban J connectivity index is 1.41. The molecule has 0 unspecified atom stereocenters. The number of hydrogen-bond donors (Lipinski definition) is 1. The summed E-state index contributed by atoms with van der Waals surface area (Å²) in [6, 6.07) is 9.31. The molecule has 170 valence electrons. The lowest BCUT2D eigenvalue weighted by Gasteiger charge is -2.08. The first-order valence-electron chi connectivity index (χ1n) is 10.2. The Morgan fingerprint density at radius 2 is 2.00 bits per heavy atom. The van der Waals surface area contributed by atoms with Crippen LogP contribution in [0.3, 0.4) is 0 Å². The number of benzene rings is 1. The summed E-state index contributed by atoms with van der Waals surface area (Å²) in [5.41, 5.74) is 2.03. The van der Waals surface area contributed by atoms with Crippen LogP contribution in [0, 0.1) is 13.8 Å². The Bertz CT molecular complexity index is 1330. The smallest absolute Gasteiger partial charge is 0.270 e. The number of methoxy groups -OCH3 is 1. The molecule has 3 heterocycles. The van der Waals surface area contributed by atoms with Gasteiger partial charge in [0.25, 0.3) is 5.91 Å². The number of nitrogens with one attached hydrogen (secondary N) is 1. The molecule has 0 bridgehead atoms. The minimum absolute atomic E-state index is 0.0115. The number of amides is 1. The van der Waals surface area contributed by atoms with E-state index in [9.17, 15) is 9.59 Å². The number of ketones is 1. The number of nitrogens with zero attached hydrogens (tertiary/aromatic N) is 4. The van der Waals surface area contributed by atoms with E-state index in [1.54, 1.807) is 38.0 Å². The SMILES string of the molecule is COc1ccc2nc(C)nc(SCC(=O)c3ccc(CNC(=O)c4c(C)ncn4C)s3)c2c1. The molecule has 10 heteroatoms. The number of rotatable bonds is 8. The van der Waals surface area contributed by atoms with E-state index in [0.29, 0.717) is 28.6 Å². The molecule has 0 aliphatic carbocycles. The van der Waals surface area contributed by atoms with Gasteiger partial charge in [-0.05, 0) is 44.2 Å². The summed E-state index contributed by atoms with van der Waals surface area (Å²) in [7, 11) is 3.40. The number of fused-ring (bicyclic) bond motifs is 1. The van der Waals surface area contributed by atoms with Crippen molar-refractivity contribution >= 4 is 45.7 Å². The monoisotopic (exact) mass is 481 g/mol. The minimum Gasteiger partial charge on any atom is -0.497 e. The van der Waals surface area contributed by atoms with Crippen LogP contribution in [0.5, 0.6) is 5.75 Å². The second-order valence-corrected chi connectivity index (χ2v) is 9.54. The van der Waals surface area contributed by atoms with Gasteiger partial charge in [-0.1, -0.05) is 11.8 Å². The second kappa shape index (κ2) is 9.72. The first-order chi connectivity index (χ1) is 15.9. The molecule has 1 N–H and O–H groups in total. The van der Waals surface area contributed by atoms with Crippen molar-refractivity contribution in [2.75, 3.05) is 12.9 Å². The molecule has 0 saturated carbocycles. The molecule has 0 spiro atoms. The van der Waals surface area contributed by atoms with E-state index in [1.165, 1.54) is 23.1 Å². The molecule has 0 aliphatic rings. The van der Waals surface area contributed by atoms with E-state index in [2.05, 4.69) is 20.3 Å². The summed E-state index contributed by atoms with van der Waals surface area (Å²) >= 11 is 2.77. The number of thiophene rings is 1. The van der Waals surface area contributed by atoms with Gasteiger partial charge >= 0.3 is 0 Å². The highest BCUT2D eigenvalue weighted by Crippen LogP contribution is 2.29. The van der Waals surface area contributed by atoms with Crippen molar-refractivity contribution < 1.29 is 14.3 Å². The predicted octanol–water partition coefficient (Wildman–Crippen LogP) is 3.96. The van der Waals surface area contributed by atoms with Crippen LogP contribution in [0.2, 0.25) is 0 Å². The normalized spacial score (nSPS) is 11.0. The third-order valence-electron chi connectivity index (χ3n) is 5.01. The molecule has 0 radical (unpaired) electrons. The number of aromatic nitrogens is 4. The lowest BCUT2D eigenvalue weighted by molar-refractivity contribution is 0.0941. The van der Waals surface area contributed by atoms with E-state index >= 15 is 0 Å². The molecule has 0 atom stereocenters. The maximum Gasteiger partial charge on any atom is 0.270 e. The first kappa shape index (κ1) is 22.9. The van der Waals surface area contributed by atoms with Gasteiger partial charge in [0, 0.05) is 17.3 Å². The molecular weight excluding hydrogens is 458 g/mol. The molecule has 4 rings (SSSR count). The van der Waals surface area contributed by atoms with Gasteiger partial charge in [-0.3, -0.25) is 9.59 Å². The van der Waals surface area contributed by atoms with Crippen molar-refractivity contribution in [3.8, 4) is 5.75 Å². The largest absolute Gasteiger partial charge is 0.497 e. The van der Waals surface area contributed by atoms with Crippen LogP contribution in [0.15, 0.2) is 41.7 Å². The summed E-state index contributed by atoms with van der Waals surface area (Å²) in [4.78, 5) is 39.9. The maximum absolute atomic E-state index is 12.8. The number of ether oxygens (including phenoxy) is 1. The quantitative estimate of drug-likeness (QED) is 0.231. The highest BCUT2D eigenvalue weighted by Gasteiger charge is 2.16. The molecule has 0 saturated heterocycles. The third kappa shape index (κ3) is 5.07. The van der Waals surface area contributed by atoms with Crippen LogP contribution in [0.25, 0.3) is 10.9 Å². The molecule has 0 aliphatic heterocycles. The number of hydrogen-bond acceptors (Lipinski definition) is 8. The summed E-state index contributed by atoms with van der Waals surface area (Å²) in [5.74, 6) is 1.45. The minimum atomic E-state index is -0.189. The Hall–Kier alpha value is -3.24. The number of imidazole rings is 1. The average Bonchev–Trinajstić information content (AvgIpc) is 3.41. The van der Waals surface area contributed by atoms with Gasteiger partial charge in [0.05, 0.1) is 41.8 Å². The summed E-state index contributed by atoms with van der Waals surface area (Å²) in [6.45, 7) is 3.99. The Morgan fingerprint density at radius 1 is 1.18 bits per heavy atom. The molecular formula is C23H23N5O3S2. The van der Waals surface area contributed by atoms with Gasteiger partial charge < -0.3 is 14.6 Å². The molecule has 3 aromatic heterocycles. The van der Waals surface area contributed by atoms with Crippen molar-refractivity contribution in [2.24, 2.45) is 7.05 Å². The summed E-state index contributed by atoms with van der Waals surface area (Å²) in [5, 5.41) is 4.50. The van der Waals surface area contributed by atoms with Gasteiger partial charge in [0.1, 0.15) is 22.3 Å². The third-order valence-corrected chi connectivity index (χ3v) is 7.13. The number of thioether (sulfide) groups is 1. The van der Waals surface area contributed by atoms with Gasteiger partial charge in [0.2, 0.25) is 0 Å². The molecule has 1 amide bonds. The molecule has 0 fully saturated rings. The summed E-state index contributed by atoms with van der Waals surface area (Å²) < 4.78 is 7.01. The van der Waals surface area contributed by atoms with Crippen LogP contribution in [-0.4, -0.2) is 44.1 Å². The fourth-order valence-corrected chi connectivity index (χ4v) is 5.29. The van der Waals surface area contributed by atoms with Gasteiger partial charge in [-0.15, -0.1) is 11.3 Å². The van der Waals surface area contributed by atoms with Crippen molar-refractivity contribution in [3.63, 3.8) is 0 Å². The average molecular weight is 482 g/mol. The van der Waals surface area contributed by atoms with Crippen LogP contribution in [0.4, 0.5) is 0 Å². The first-order valence-corrected chi connectivity index (χ1v) is 12.0. The topological polar surface area (TPSA) is 99.0 Å². The van der Waals surface area contributed by atoms with Crippen molar-refractivity contribution in [1.82, 2.24) is 24.8 Å². The van der Waals surface area contributed by atoms with Crippen LogP contribution in [0.1, 0.15) is 36.6 Å². The molecule has 8 nitrogen and oxygen atoms in total. The maximum atomic E-state index is 12.8. The fraction of sp³-hybridized carbons (Fsp3) is 0.261. The van der Waals surface area contributed by atoms with E-state index in [0.717, 1.165) is 26.6 Å². The molecule has 33 heavy (non-hydrogen) atoms. The van der Waals surface area contributed by atoms with Crippen molar-refractivity contribution in [1.29, 1.82) is 0 Å². The lowest BCUT2D eigenvalue weighted by atomic mass is 10.2. The van der Waals surface area contributed by atoms with E-state index in [1.807, 2.05) is 31.2 Å². The Kier molecular flexibility index (Phi) is 6.75. The van der Waals surface area contributed by atoms with Crippen LogP contribution >= 0.6 is 23.1 Å². The predicted molar refractivity (Wildman–Crippen MR) is 129 cm³/mol. The fourth-order valence-electron chi connectivity index (χ4n) is 3.38. The number of carbonyl (C=O) groups is 2. The zero-order valence-corrected chi connectivity index (χ0v) is 20.3. The second-order valence-electron chi connectivity index (χ2n) is 7.41. The zero-order chi connectivity index (χ0) is 23.5. The molecule has 4 aromatic rings. The van der Waals surface area contributed by atoms with Crippen molar-refractivity contribution in [3.05, 3.63) is 63.6 Å². The van der Waals surface area contributed by atoms with Gasteiger partial charge in [-0.2, -0.15) is 0 Å². The van der Waals surface area contributed by atoms with Gasteiger partial charge in [0.15, 0.2) is 5.78 Å². The van der Waals surface area contributed by atoms with E-state index < -0.39 is 0 Å². The van der Waals surface area contributed by atoms with Gasteiger partial charge in [-0.25, -0.2) is 15.0 Å². The number of carbonyl (C=O) groups excluding carboxylic acids is 2. The highest BCUT2D eigenvalue weighted by atomic mass is 32.2. The van der Waals surface area contributed by atoms with Crippen molar-refractivity contribution in [2.45, 2.75) is 25.4 Å². The number of Topliss-reactive ketones (excluding diaryl/α,β-unsaturated/α-hetero) is 1. The highest BCUT2D eigenvalue weighted by molar-refractivity contribution is 8.00. The van der Waals surface area contributed by atoms with E-state index in [-0.39, 0.29) is 17.4 Å². The number of aryl methyl sites for hydroxylation is 3. The Labute approximate surface area is 199 Å². The Morgan fingerprint density at radius 3 is 2.73 bits per heavy atom. The lowest BCUT2D eigenvalue weighted by Crippen LogP contribution is -2.25. The standard InChI is InChI=1S/C23H23N5O3S2/c1-13-21(28(3)12-25-13)22(30)24-10-16-6-8-20(33-16)19(29)11-32-23-17-9-15(31-4)5-7-18(17)26-14(2)27-23/h5-9,12H,10-11H2,1-4H3,(H,24,30). The summed E-state index contributed by atoms with van der Waals surface area (Å²) in [6.07, 6.45) is 1.61. The van der Waals surface area contributed by atoms with Crippen LogP contribution in [-0.2, 0) is 13.6 Å². The van der Waals surface area contributed by atoms with E-state index in [4.69, 9.17) is 4.74 Å². The van der Waals surface area contributed by atoms with Crippen LogP contribution < -0.4 is 10.1 Å².